The predicted octanol–water partition coefficient (Wildman–Crippen LogP) is 2.60. The molecule has 2 aromatic rings. The normalized spacial score (nSPS) is 12.1. The molecule has 0 aliphatic heterocycles. The molecule has 0 spiro atoms. The third-order valence-corrected chi connectivity index (χ3v) is 3.32. The molecule has 0 saturated carbocycles. The number of aromatic nitrogens is 1. The summed E-state index contributed by atoms with van der Waals surface area (Å²) >= 11 is 3.29. The predicted molar refractivity (Wildman–Crippen MR) is 78.8 cm³/mol. The number of nitrogens with one attached hydrogen (secondary N) is 2. The van der Waals surface area contributed by atoms with E-state index in [2.05, 4.69) is 26.2 Å². The summed E-state index contributed by atoms with van der Waals surface area (Å²) in [6, 6.07) is 11.6. The number of carbonyl (C=O) groups is 1. The first kappa shape index (κ1) is 13.8. The first-order chi connectivity index (χ1) is 9.16. The molecule has 2 rings (SSSR count). The van der Waals surface area contributed by atoms with Crippen molar-refractivity contribution in [1.82, 2.24) is 10.3 Å². The van der Waals surface area contributed by atoms with Crippen LogP contribution in [-0.2, 0) is 0 Å². The fourth-order valence-electron chi connectivity index (χ4n) is 1.80. The molecule has 0 bridgehead atoms. The zero-order valence-corrected chi connectivity index (χ0v) is 12.0. The van der Waals surface area contributed by atoms with Gasteiger partial charge in [0.15, 0.2) is 0 Å². The zero-order chi connectivity index (χ0) is 13.7. The van der Waals surface area contributed by atoms with E-state index in [0.29, 0.717) is 18.7 Å². The quantitative estimate of drug-likeness (QED) is 0.792. The van der Waals surface area contributed by atoms with Crippen molar-refractivity contribution in [1.29, 1.82) is 0 Å². The number of halogens is 1. The standard InChI is InChI=1S/C14H16BrN3O/c15-11-8-13(18-9-11)14(19)17-7-6-12(16)10-4-2-1-3-5-10/h1-5,8-9,12,18H,6-7,16H2,(H,17,19). The van der Waals surface area contributed by atoms with Crippen LogP contribution in [0, 0.1) is 0 Å². The average molecular weight is 322 g/mol. The Hall–Kier alpha value is -1.59. The number of rotatable bonds is 5. The number of amides is 1. The maximum atomic E-state index is 11.8. The van der Waals surface area contributed by atoms with Crippen molar-refractivity contribution in [2.75, 3.05) is 6.54 Å². The summed E-state index contributed by atoms with van der Waals surface area (Å²) in [6.07, 6.45) is 2.43. The van der Waals surface area contributed by atoms with Gasteiger partial charge in [-0.15, -0.1) is 0 Å². The van der Waals surface area contributed by atoms with Crippen molar-refractivity contribution in [3.05, 3.63) is 58.3 Å². The first-order valence-electron chi connectivity index (χ1n) is 6.09. The van der Waals surface area contributed by atoms with Crippen LogP contribution in [0.25, 0.3) is 0 Å². The van der Waals surface area contributed by atoms with E-state index in [9.17, 15) is 4.79 Å². The van der Waals surface area contributed by atoms with Crippen LogP contribution in [-0.4, -0.2) is 17.4 Å². The molecule has 1 amide bonds. The Morgan fingerprint density at radius 2 is 2.11 bits per heavy atom. The van der Waals surface area contributed by atoms with Gasteiger partial charge in [0, 0.05) is 23.3 Å². The smallest absolute Gasteiger partial charge is 0.267 e. The summed E-state index contributed by atoms with van der Waals surface area (Å²) in [5.41, 5.74) is 7.68. The molecule has 1 aromatic heterocycles. The molecule has 1 heterocycles. The van der Waals surface area contributed by atoms with Crippen LogP contribution < -0.4 is 11.1 Å². The van der Waals surface area contributed by atoms with Gasteiger partial charge in [0.1, 0.15) is 5.69 Å². The summed E-state index contributed by atoms with van der Waals surface area (Å²) in [7, 11) is 0. The molecule has 0 saturated heterocycles. The molecule has 0 aliphatic carbocycles. The monoisotopic (exact) mass is 321 g/mol. The van der Waals surface area contributed by atoms with E-state index < -0.39 is 0 Å². The van der Waals surface area contributed by atoms with Crippen LogP contribution in [0.4, 0.5) is 0 Å². The second-order valence-corrected chi connectivity index (χ2v) is 5.21. The molecular formula is C14H16BrN3O. The third-order valence-electron chi connectivity index (χ3n) is 2.86. The van der Waals surface area contributed by atoms with Crippen LogP contribution in [0.5, 0.6) is 0 Å². The highest BCUT2D eigenvalue weighted by molar-refractivity contribution is 9.10. The lowest BCUT2D eigenvalue weighted by Crippen LogP contribution is -2.27. The molecule has 1 aromatic carbocycles. The molecule has 0 radical (unpaired) electrons. The number of hydrogen-bond donors (Lipinski definition) is 3. The summed E-state index contributed by atoms with van der Waals surface area (Å²) in [5, 5.41) is 2.84. The molecule has 4 nitrogen and oxygen atoms in total. The zero-order valence-electron chi connectivity index (χ0n) is 10.4. The van der Waals surface area contributed by atoms with Gasteiger partial charge in [-0.2, -0.15) is 0 Å². The lowest BCUT2D eigenvalue weighted by atomic mass is 10.1. The van der Waals surface area contributed by atoms with E-state index in [1.54, 1.807) is 12.3 Å². The van der Waals surface area contributed by atoms with E-state index in [1.807, 2.05) is 30.3 Å². The van der Waals surface area contributed by atoms with Crippen molar-refractivity contribution < 1.29 is 4.79 Å². The maximum absolute atomic E-state index is 11.8. The van der Waals surface area contributed by atoms with Crippen molar-refractivity contribution in [2.24, 2.45) is 5.73 Å². The Kier molecular flexibility index (Phi) is 4.76. The highest BCUT2D eigenvalue weighted by Crippen LogP contribution is 2.13. The molecule has 4 N–H and O–H groups in total. The highest BCUT2D eigenvalue weighted by Gasteiger charge is 2.09. The van der Waals surface area contributed by atoms with Crippen molar-refractivity contribution in [2.45, 2.75) is 12.5 Å². The minimum atomic E-state index is -0.119. The molecule has 1 unspecified atom stereocenters. The lowest BCUT2D eigenvalue weighted by molar-refractivity contribution is 0.0948. The molecular weight excluding hydrogens is 306 g/mol. The van der Waals surface area contributed by atoms with Gasteiger partial charge in [-0.3, -0.25) is 4.79 Å². The van der Waals surface area contributed by atoms with Gasteiger partial charge < -0.3 is 16.0 Å². The molecule has 0 fully saturated rings. The second kappa shape index (κ2) is 6.54. The Bertz CT molecular complexity index is 539. The Balaban J connectivity index is 1.79. The maximum Gasteiger partial charge on any atom is 0.267 e. The van der Waals surface area contributed by atoms with E-state index in [1.165, 1.54) is 0 Å². The van der Waals surface area contributed by atoms with Crippen LogP contribution >= 0.6 is 15.9 Å². The molecule has 0 aliphatic rings. The number of carbonyl (C=O) groups excluding carboxylic acids is 1. The summed E-state index contributed by atoms with van der Waals surface area (Å²) in [6.45, 7) is 0.547. The Labute approximate surface area is 120 Å². The molecule has 19 heavy (non-hydrogen) atoms. The van der Waals surface area contributed by atoms with Gasteiger partial charge in [0.05, 0.1) is 0 Å². The van der Waals surface area contributed by atoms with E-state index in [-0.39, 0.29) is 11.9 Å². The number of hydrogen-bond acceptors (Lipinski definition) is 2. The van der Waals surface area contributed by atoms with E-state index >= 15 is 0 Å². The van der Waals surface area contributed by atoms with Crippen LogP contribution in [0.15, 0.2) is 47.1 Å². The van der Waals surface area contributed by atoms with Crippen molar-refractivity contribution in [3.8, 4) is 0 Å². The van der Waals surface area contributed by atoms with E-state index in [4.69, 9.17) is 5.73 Å². The summed E-state index contributed by atoms with van der Waals surface area (Å²) in [4.78, 5) is 14.7. The average Bonchev–Trinajstić information content (AvgIpc) is 2.86. The minimum Gasteiger partial charge on any atom is -0.356 e. The minimum absolute atomic E-state index is 0.0584. The first-order valence-corrected chi connectivity index (χ1v) is 6.89. The molecule has 5 heteroatoms. The van der Waals surface area contributed by atoms with Crippen LogP contribution in [0.1, 0.15) is 28.5 Å². The largest absolute Gasteiger partial charge is 0.356 e. The Morgan fingerprint density at radius 3 is 2.74 bits per heavy atom. The van der Waals surface area contributed by atoms with Gasteiger partial charge in [-0.1, -0.05) is 30.3 Å². The van der Waals surface area contributed by atoms with Gasteiger partial charge >= 0.3 is 0 Å². The van der Waals surface area contributed by atoms with E-state index in [0.717, 1.165) is 10.0 Å². The topological polar surface area (TPSA) is 70.9 Å². The lowest BCUT2D eigenvalue weighted by Gasteiger charge is -2.12. The summed E-state index contributed by atoms with van der Waals surface area (Å²) in [5.74, 6) is -0.119. The highest BCUT2D eigenvalue weighted by atomic mass is 79.9. The van der Waals surface area contributed by atoms with Crippen molar-refractivity contribution >= 4 is 21.8 Å². The fourth-order valence-corrected chi connectivity index (χ4v) is 2.15. The Morgan fingerprint density at radius 1 is 1.37 bits per heavy atom. The third kappa shape index (κ3) is 3.94. The fraction of sp³-hybridized carbons (Fsp3) is 0.214. The van der Waals surface area contributed by atoms with Crippen LogP contribution in [0.2, 0.25) is 0 Å². The van der Waals surface area contributed by atoms with Gasteiger partial charge in [-0.05, 0) is 34.0 Å². The molecule has 100 valence electrons. The SMILES string of the molecule is NC(CCNC(=O)c1cc(Br)c[nH]1)c1ccccc1. The second-order valence-electron chi connectivity index (χ2n) is 4.29. The number of H-pyrrole nitrogens is 1. The van der Waals surface area contributed by atoms with Crippen LogP contribution in [0.3, 0.4) is 0 Å². The van der Waals surface area contributed by atoms with Crippen molar-refractivity contribution in [3.63, 3.8) is 0 Å². The van der Waals surface area contributed by atoms with Gasteiger partial charge in [0.2, 0.25) is 0 Å². The number of aromatic amines is 1. The van der Waals surface area contributed by atoms with Gasteiger partial charge in [0.25, 0.3) is 5.91 Å². The summed E-state index contributed by atoms with van der Waals surface area (Å²) < 4.78 is 0.860. The molecule has 1 atom stereocenters. The number of nitrogens with two attached hydrogens (primary N) is 1. The number of benzene rings is 1. The van der Waals surface area contributed by atoms with Gasteiger partial charge in [-0.25, -0.2) is 0 Å².